The van der Waals surface area contributed by atoms with Crippen LogP contribution in [0.3, 0.4) is 0 Å². The van der Waals surface area contributed by atoms with Crippen molar-refractivity contribution in [1.82, 2.24) is 0 Å². The average Bonchev–Trinajstić information content (AvgIpc) is 2.29. The Morgan fingerprint density at radius 2 is 2.29 bits per heavy atom. The lowest BCUT2D eigenvalue weighted by Gasteiger charge is -2.23. The first kappa shape index (κ1) is 12.0. The number of carbonyl (C=O) groups is 2. The van der Waals surface area contributed by atoms with Crippen molar-refractivity contribution in [2.45, 2.75) is 29.9 Å². The van der Waals surface area contributed by atoms with Gasteiger partial charge in [-0.1, -0.05) is 13.3 Å². The molecule has 1 aliphatic heterocycles. The third kappa shape index (κ3) is 2.44. The summed E-state index contributed by atoms with van der Waals surface area (Å²) in [5.41, 5.74) is 0.958. The third-order valence-corrected chi connectivity index (χ3v) is 3.92. The minimum Gasteiger partial charge on any atom is -0.478 e. The predicted octanol–water partition coefficient (Wildman–Crippen LogP) is 2.60. The number of fused-ring (bicyclic) bond motifs is 1. The molecule has 0 bridgehead atoms. The SMILES string of the molecule is CCCC1Sc2cc(C(=O)O)ccc2NC1=O. The highest BCUT2D eigenvalue weighted by molar-refractivity contribution is 8.01. The van der Waals surface area contributed by atoms with Crippen LogP contribution in [0.25, 0.3) is 0 Å². The number of benzene rings is 1. The molecule has 2 rings (SSSR count). The molecule has 0 aromatic heterocycles. The van der Waals surface area contributed by atoms with E-state index in [4.69, 9.17) is 5.11 Å². The van der Waals surface area contributed by atoms with Crippen molar-refractivity contribution in [3.8, 4) is 0 Å². The van der Waals surface area contributed by atoms with Gasteiger partial charge in [0.05, 0.1) is 16.5 Å². The summed E-state index contributed by atoms with van der Waals surface area (Å²) in [4.78, 5) is 23.4. The second-order valence-corrected chi connectivity index (χ2v) is 5.15. The van der Waals surface area contributed by atoms with Gasteiger partial charge in [0.2, 0.25) is 5.91 Å². The van der Waals surface area contributed by atoms with E-state index < -0.39 is 5.97 Å². The first-order valence-corrected chi connectivity index (χ1v) is 6.34. The maximum Gasteiger partial charge on any atom is 0.335 e. The lowest BCUT2D eigenvalue weighted by molar-refractivity contribution is -0.115. The summed E-state index contributed by atoms with van der Waals surface area (Å²) in [6.45, 7) is 2.02. The van der Waals surface area contributed by atoms with Gasteiger partial charge in [-0.3, -0.25) is 4.79 Å². The van der Waals surface area contributed by atoms with E-state index in [2.05, 4.69) is 5.32 Å². The van der Waals surface area contributed by atoms with E-state index in [9.17, 15) is 9.59 Å². The first-order valence-electron chi connectivity index (χ1n) is 5.46. The first-order chi connectivity index (χ1) is 8.11. The van der Waals surface area contributed by atoms with Crippen molar-refractivity contribution in [3.05, 3.63) is 23.8 Å². The van der Waals surface area contributed by atoms with Gasteiger partial charge >= 0.3 is 5.97 Å². The highest BCUT2D eigenvalue weighted by Gasteiger charge is 2.26. The van der Waals surface area contributed by atoms with Crippen molar-refractivity contribution < 1.29 is 14.7 Å². The van der Waals surface area contributed by atoms with Crippen LogP contribution in [-0.4, -0.2) is 22.2 Å². The molecule has 0 saturated heterocycles. The lowest BCUT2D eigenvalue weighted by Crippen LogP contribution is -2.28. The Morgan fingerprint density at radius 1 is 1.53 bits per heavy atom. The Bertz CT molecular complexity index is 473. The number of amides is 1. The van der Waals surface area contributed by atoms with Gasteiger partial charge in [-0.15, -0.1) is 11.8 Å². The molecule has 90 valence electrons. The van der Waals surface area contributed by atoms with Crippen molar-refractivity contribution in [2.24, 2.45) is 0 Å². The van der Waals surface area contributed by atoms with E-state index in [-0.39, 0.29) is 16.7 Å². The Balaban J connectivity index is 2.30. The number of aromatic carboxylic acids is 1. The molecule has 0 saturated carbocycles. The van der Waals surface area contributed by atoms with Crippen LogP contribution in [0.4, 0.5) is 5.69 Å². The molecule has 0 spiro atoms. The van der Waals surface area contributed by atoms with Gasteiger partial charge in [0.1, 0.15) is 0 Å². The van der Waals surface area contributed by atoms with E-state index in [0.717, 1.165) is 17.7 Å². The molecular formula is C12H13NO3S. The number of carboxylic acids is 1. The summed E-state index contributed by atoms with van der Waals surface area (Å²) in [7, 11) is 0. The van der Waals surface area contributed by atoms with Crippen molar-refractivity contribution >= 4 is 29.3 Å². The number of anilines is 1. The normalized spacial score (nSPS) is 18.4. The lowest BCUT2D eigenvalue weighted by atomic mass is 10.2. The maximum atomic E-state index is 11.7. The van der Waals surface area contributed by atoms with Crippen LogP contribution in [-0.2, 0) is 4.79 Å². The summed E-state index contributed by atoms with van der Waals surface area (Å²) < 4.78 is 0. The van der Waals surface area contributed by atoms with Crippen LogP contribution in [0.5, 0.6) is 0 Å². The van der Waals surface area contributed by atoms with E-state index in [0.29, 0.717) is 5.69 Å². The van der Waals surface area contributed by atoms with E-state index >= 15 is 0 Å². The molecule has 0 fully saturated rings. The van der Waals surface area contributed by atoms with Crippen LogP contribution in [0, 0.1) is 0 Å². The molecule has 0 radical (unpaired) electrons. The Kier molecular flexibility index (Phi) is 3.38. The molecule has 1 heterocycles. The minimum atomic E-state index is -0.947. The second kappa shape index (κ2) is 4.79. The van der Waals surface area contributed by atoms with Crippen molar-refractivity contribution in [3.63, 3.8) is 0 Å². The molecular weight excluding hydrogens is 238 g/mol. The fraction of sp³-hybridized carbons (Fsp3) is 0.333. The topological polar surface area (TPSA) is 66.4 Å². The van der Waals surface area contributed by atoms with Gasteiger partial charge in [0, 0.05) is 4.90 Å². The smallest absolute Gasteiger partial charge is 0.335 e. The number of carbonyl (C=O) groups excluding carboxylic acids is 1. The monoisotopic (exact) mass is 251 g/mol. The highest BCUT2D eigenvalue weighted by Crippen LogP contribution is 2.37. The van der Waals surface area contributed by atoms with Crippen LogP contribution in [0.2, 0.25) is 0 Å². The largest absolute Gasteiger partial charge is 0.478 e. The number of hydrogen-bond donors (Lipinski definition) is 2. The standard InChI is InChI=1S/C12H13NO3S/c1-2-3-9-11(14)13-8-5-4-7(12(15)16)6-10(8)17-9/h4-6,9H,2-3H2,1H3,(H,13,14)(H,15,16). The number of thioether (sulfide) groups is 1. The van der Waals surface area contributed by atoms with E-state index in [1.807, 2.05) is 6.92 Å². The molecule has 1 aromatic rings. The molecule has 1 atom stereocenters. The summed E-state index contributed by atoms with van der Waals surface area (Å²) in [6, 6.07) is 4.76. The highest BCUT2D eigenvalue weighted by atomic mass is 32.2. The average molecular weight is 251 g/mol. The summed E-state index contributed by atoms with van der Waals surface area (Å²) in [5.74, 6) is -0.940. The maximum absolute atomic E-state index is 11.7. The predicted molar refractivity (Wildman–Crippen MR) is 66.6 cm³/mol. The molecule has 17 heavy (non-hydrogen) atoms. The quantitative estimate of drug-likeness (QED) is 0.866. The number of carboxylic acid groups (broad SMARTS) is 1. The molecule has 1 amide bonds. The molecule has 1 aromatic carbocycles. The zero-order valence-corrected chi connectivity index (χ0v) is 10.2. The van der Waals surface area contributed by atoms with E-state index in [1.165, 1.54) is 17.8 Å². The van der Waals surface area contributed by atoms with Gasteiger partial charge in [-0.2, -0.15) is 0 Å². The molecule has 0 aliphatic carbocycles. The van der Waals surface area contributed by atoms with Crippen LogP contribution >= 0.6 is 11.8 Å². The fourth-order valence-electron chi connectivity index (χ4n) is 1.73. The molecule has 1 aliphatic rings. The minimum absolute atomic E-state index is 0.00688. The van der Waals surface area contributed by atoms with Crippen molar-refractivity contribution in [2.75, 3.05) is 5.32 Å². The Hall–Kier alpha value is -1.49. The van der Waals surface area contributed by atoms with Crippen LogP contribution < -0.4 is 5.32 Å². The second-order valence-electron chi connectivity index (χ2n) is 3.90. The van der Waals surface area contributed by atoms with Crippen LogP contribution in [0.15, 0.2) is 23.1 Å². The van der Waals surface area contributed by atoms with Crippen LogP contribution in [0.1, 0.15) is 30.1 Å². The number of nitrogens with one attached hydrogen (secondary N) is 1. The van der Waals surface area contributed by atoms with Gasteiger partial charge in [-0.25, -0.2) is 4.79 Å². The zero-order valence-electron chi connectivity index (χ0n) is 9.40. The fourth-order valence-corrected chi connectivity index (χ4v) is 3.00. The van der Waals surface area contributed by atoms with Gasteiger partial charge in [-0.05, 0) is 24.6 Å². The molecule has 2 N–H and O–H groups in total. The van der Waals surface area contributed by atoms with E-state index in [1.54, 1.807) is 12.1 Å². The molecule has 1 unspecified atom stereocenters. The molecule has 4 nitrogen and oxygen atoms in total. The molecule has 5 heteroatoms. The van der Waals surface area contributed by atoms with Gasteiger partial charge in [0.25, 0.3) is 0 Å². The zero-order chi connectivity index (χ0) is 12.4. The summed E-state index contributed by atoms with van der Waals surface area (Å²) >= 11 is 1.45. The Morgan fingerprint density at radius 3 is 2.94 bits per heavy atom. The van der Waals surface area contributed by atoms with Crippen molar-refractivity contribution in [1.29, 1.82) is 0 Å². The summed E-state index contributed by atoms with van der Waals surface area (Å²) in [6.07, 6.45) is 1.73. The third-order valence-electron chi connectivity index (χ3n) is 2.60. The Labute approximate surface area is 103 Å². The number of hydrogen-bond acceptors (Lipinski definition) is 3. The number of rotatable bonds is 3. The summed E-state index contributed by atoms with van der Waals surface area (Å²) in [5, 5.41) is 11.6. The van der Waals surface area contributed by atoms with Gasteiger partial charge in [0.15, 0.2) is 0 Å². The van der Waals surface area contributed by atoms with Gasteiger partial charge < -0.3 is 10.4 Å².